The third kappa shape index (κ3) is 4.71. The van der Waals surface area contributed by atoms with Gasteiger partial charge in [0.05, 0.1) is 4.92 Å². The maximum Gasteiger partial charge on any atom is 0.319 e. The van der Waals surface area contributed by atoms with Crippen molar-refractivity contribution in [2.24, 2.45) is 5.92 Å². The molecule has 0 radical (unpaired) electrons. The number of aryl methyl sites for hydroxylation is 1. The summed E-state index contributed by atoms with van der Waals surface area (Å²) >= 11 is 0. The molecule has 0 aliphatic heterocycles. The van der Waals surface area contributed by atoms with E-state index in [2.05, 4.69) is 10.6 Å². The van der Waals surface area contributed by atoms with E-state index < -0.39 is 11.0 Å². The van der Waals surface area contributed by atoms with Gasteiger partial charge in [-0.15, -0.1) is 0 Å². The van der Waals surface area contributed by atoms with Gasteiger partial charge in [-0.1, -0.05) is 19.9 Å². The van der Waals surface area contributed by atoms with Gasteiger partial charge in [0.1, 0.15) is 0 Å². The first-order valence-electron chi connectivity index (χ1n) is 6.84. The van der Waals surface area contributed by atoms with Crippen LogP contribution in [0.15, 0.2) is 18.2 Å². The lowest BCUT2D eigenvalue weighted by molar-refractivity contribution is -0.385. The maximum absolute atomic E-state index is 11.8. The molecular formula is C14H21N3O4. The number of nitrogens with zero attached hydrogens (tertiary/aromatic N) is 1. The van der Waals surface area contributed by atoms with E-state index in [4.69, 9.17) is 5.11 Å². The highest BCUT2D eigenvalue weighted by molar-refractivity contribution is 5.89. The van der Waals surface area contributed by atoms with Crippen molar-refractivity contribution in [2.45, 2.75) is 33.2 Å². The lowest BCUT2D eigenvalue weighted by Gasteiger charge is -2.19. The van der Waals surface area contributed by atoms with E-state index in [1.807, 2.05) is 13.8 Å². The van der Waals surface area contributed by atoms with E-state index in [0.29, 0.717) is 17.7 Å². The van der Waals surface area contributed by atoms with E-state index in [9.17, 15) is 14.9 Å². The summed E-state index contributed by atoms with van der Waals surface area (Å²) in [5.41, 5.74) is 0.973. The number of urea groups is 1. The van der Waals surface area contributed by atoms with Crippen molar-refractivity contribution >= 4 is 17.4 Å². The predicted molar refractivity (Wildman–Crippen MR) is 80.3 cm³/mol. The van der Waals surface area contributed by atoms with E-state index in [1.165, 1.54) is 6.07 Å². The van der Waals surface area contributed by atoms with E-state index in [-0.39, 0.29) is 24.3 Å². The third-order valence-electron chi connectivity index (χ3n) is 3.42. The number of anilines is 1. The standard InChI is InChI=1S/C14H21N3O4/c1-4-11-5-6-12(7-13(11)17(20)21)16-14(19)15-10(3)9(2)8-18/h5-7,9-10,18H,4,8H2,1-3H3,(H2,15,16,19)/t9-,10-/m0/s1. The molecule has 2 atom stereocenters. The van der Waals surface area contributed by atoms with Gasteiger partial charge < -0.3 is 15.7 Å². The summed E-state index contributed by atoms with van der Waals surface area (Å²) < 4.78 is 0. The van der Waals surface area contributed by atoms with Gasteiger partial charge in [-0.2, -0.15) is 0 Å². The molecule has 1 aromatic rings. The molecule has 0 heterocycles. The van der Waals surface area contributed by atoms with Crippen LogP contribution in [-0.2, 0) is 6.42 Å². The van der Waals surface area contributed by atoms with Crippen molar-refractivity contribution < 1.29 is 14.8 Å². The fourth-order valence-corrected chi connectivity index (χ4v) is 1.78. The first kappa shape index (κ1) is 16.9. The molecule has 21 heavy (non-hydrogen) atoms. The monoisotopic (exact) mass is 295 g/mol. The second-order valence-corrected chi connectivity index (χ2v) is 5.00. The largest absolute Gasteiger partial charge is 0.396 e. The van der Waals surface area contributed by atoms with Crippen LogP contribution in [0.4, 0.5) is 16.2 Å². The number of aliphatic hydroxyl groups excluding tert-OH is 1. The zero-order valence-corrected chi connectivity index (χ0v) is 12.4. The average Bonchev–Trinajstić information content (AvgIpc) is 2.45. The number of rotatable bonds is 6. The summed E-state index contributed by atoms with van der Waals surface area (Å²) in [6.07, 6.45) is 0.549. The lowest BCUT2D eigenvalue weighted by Crippen LogP contribution is -2.40. The van der Waals surface area contributed by atoms with Crippen molar-refractivity contribution in [1.29, 1.82) is 0 Å². The molecule has 0 aliphatic carbocycles. The number of aliphatic hydroxyl groups is 1. The molecule has 0 spiro atoms. The molecule has 116 valence electrons. The molecule has 7 nitrogen and oxygen atoms in total. The van der Waals surface area contributed by atoms with Crippen molar-refractivity contribution in [2.75, 3.05) is 11.9 Å². The van der Waals surface area contributed by atoms with E-state index in [0.717, 1.165) is 0 Å². The number of carbonyl (C=O) groups is 1. The molecule has 0 saturated carbocycles. The third-order valence-corrected chi connectivity index (χ3v) is 3.42. The Morgan fingerprint density at radius 2 is 2.10 bits per heavy atom. The summed E-state index contributed by atoms with van der Waals surface area (Å²) in [5.74, 6) is -0.0763. The fraction of sp³-hybridized carbons (Fsp3) is 0.500. The Hall–Kier alpha value is -2.15. The first-order valence-corrected chi connectivity index (χ1v) is 6.84. The van der Waals surface area contributed by atoms with Crippen molar-refractivity contribution in [3.05, 3.63) is 33.9 Å². The highest BCUT2D eigenvalue weighted by Gasteiger charge is 2.16. The highest BCUT2D eigenvalue weighted by Crippen LogP contribution is 2.23. The molecule has 0 fully saturated rings. The van der Waals surface area contributed by atoms with Gasteiger partial charge in [-0.25, -0.2) is 4.79 Å². The Morgan fingerprint density at radius 1 is 1.43 bits per heavy atom. The summed E-state index contributed by atoms with van der Waals surface area (Å²) in [6.45, 7) is 5.40. The van der Waals surface area contributed by atoms with Crippen LogP contribution in [0.1, 0.15) is 26.3 Å². The quantitative estimate of drug-likeness (QED) is 0.553. The van der Waals surface area contributed by atoms with Crippen molar-refractivity contribution in [3.63, 3.8) is 0 Å². The molecule has 0 unspecified atom stereocenters. The zero-order chi connectivity index (χ0) is 16.0. The molecule has 1 rings (SSSR count). The number of nitrogens with one attached hydrogen (secondary N) is 2. The normalized spacial score (nSPS) is 13.3. The SMILES string of the molecule is CCc1ccc(NC(=O)N[C@@H](C)[C@@H](C)CO)cc1[N+](=O)[O-]. The minimum Gasteiger partial charge on any atom is -0.396 e. The molecular weight excluding hydrogens is 274 g/mol. The minimum atomic E-state index is -0.460. The van der Waals surface area contributed by atoms with Gasteiger partial charge in [0.15, 0.2) is 0 Å². The summed E-state index contributed by atoms with van der Waals surface area (Å²) in [5, 5.41) is 25.2. The minimum absolute atomic E-state index is 0.00734. The zero-order valence-electron chi connectivity index (χ0n) is 12.4. The van der Waals surface area contributed by atoms with Crippen LogP contribution < -0.4 is 10.6 Å². The Balaban J connectivity index is 2.77. The Kier molecular flexibility index (Phi) is 6.10. The molecule has 3 N–H and O–H groups in total. The van der Waals surface area contributed by atoms with Crippen molar-refractivity contribution in [3.8, 4) is 0 Å². The Labute approximate surface area is 123 Å². The van der Waals surface area contributed by atoms with Crippen LogP contribution in [0, 0.1) is 16.0 Å². The lowest BCUT2D eigenvalue weighted by atomic mass is 10.1. The topological polar surface area (TPSA) is 104 Å². The number of nitro benzene ring substituents is 1. The van der Waals surface area contributed by atoms with E-state index in [1.54, 1.807) is 19.1 Å². The number of hydrogen-bond acceptors (Lipinski definition) is 4. The maximum atomic E-state index is 11.8. The average molecular weight is 295 g/mol. The van der Waals surface area contributed by atoms with Crippen LogP contribution in [0.25, 0.3) is 0 Å². The van der Waals surface area contributed by atoms with Crippen LogP contribution in [-0.4, -0.2) is 28.7 Å². The molecule has 1 aromatic carbocycles. The molecule has 0 bridgehead atoms. The Bertz CT molecular complexity index is 519. The number of amides is 2. The molecule has 0 aromatic heterocycles. The summed E-state index contributed by atoms with van der Waals surface area (Å²) in [6, 6.07) is 3.94. The van der Waals surface area contributed by atoms with Gasteiger partial charge in [-0.05, 0) is 25.3 Å². The fourth-order valence-electron chi connectivity index (χ4n) is 1.78. The summed E-state index contributed by atoms with van der Waals surface area (Å²) in [4.78, 5) is 22.3. The molecule has 2 amide bonds. The second-order valence-electron chi connectivity index (χ2n) is 5.00. The molecule has 0 aliphatic rings. The smallest absolute Gasteiger partial charge is 0.319 e. The summed E-state index contributed by atoms with van der Waals surface area (Å²) in [7, 11) is 0. The second kappa shape index (κ2) is 7.58. The van der Waals surface area contributed by atoms with E-state index >= 15 is 0 Å². The molecule has 7 heteroatoms. The predicted octanol–water partition coefficient (Wildman–Crippen LogP) is 2.30. The number of carbonyl (C=O) groups excluding carboxylic acids is 1. The van der Waals surface area contributed by atoms with Gasteiger partial charge in [-0.3, -0.25) is 10.1 Å². The Morgan fingerprint density at radius 3 is 2.62 bits per heavy atom. The number of hydrogen-bond donors (Lipinski definition) is 3. The van der Waals surface area contributed by atoms with Gasteiger partial charge in [0.25, 0.3) is 5.69 Å². The molecule has 0 saturated heterocycles. The van der Waals surface area contributed by atoms with Gasteiger partial charge in [0.2, 0.25) is 0 Å². The number of benzene rings is 1. The van der Waals surface area contributed by atoms with Crippen LogP contribution in [0.5, 0.6) is 0 Å². The van der Waals surface area contributed by atoms with Crippen LogP contribution in [0.3, 0.4) is 0 Å². The highest BCUT2D eigenvalue weighted by atomic mass is 16.6. The van der Waals surface area contributed by atoms with Crippen molar-refractivity contribution in [1.82, 2.24) is 5.32 Å². The van der Waals surface area contributed by atoms with Crippen LogP contribution in [0.2, 0.25) is 0 Å². The van der Waals surface area contributed by atoms with Gasteiger partial charge in [0, 0.05) is 30.0 Å². The van der Waals surface area contributed by atoms with Crippen LogP contribution >= 0.6 is 0 Å². The first-order chi connectivity index (χ1) is 9.88. The van der Waals surface area contributed by atoms with Gasteiger partial charge >= 0.3 is 6.03 Å². The number of nitro groups is 1.